The van der Waals surface area contributed by atoms with Crippen molar-refractivity contribution in [1.82, 2.24) is 0 Å². The van der Waals surface area contributed by atoms with Crippen molar-refractivity contribution >= 4 is 27.3 Å². The number of hydrogen-bond acceptors (Lipinski definition) is 1. The van der Waals surface area contributed by atoms with E-state index in [-0.39, 0.29) is 5.78 Å². The van der Waals surface area contributed by atoms with E-state index in [0.29, 0.717) is 0 Å². The Bertz CT molecular complexity index is 1520. The van der Waals surface area contributed by atoms with Gasteiger partial charge in [-0.2, -0.15) is 0 Å². The number of carbonyl (C=O) groups is 1. The molecule has 50 heavy (non-hydrogen) atoms. The molecular formula is C49H72O. The summed E-state index contributed by atoms with van der Waals surface area (Å²) in [7, 11) is 0. The number of hydrogen-bond donors (Lipinski definition) is 0. The molecule has 1 heteroatoms. The van der Waals surface area contributed by atoms with Crippen LogP contribution < -0.4 is 0 Å². The van der Waals surface area contributed by atoms with Crippen molar-refractivity contribution in [1.29, 1.82) is 0 Å². The molecule has 0 atom stereocenters. The highest BCUT2D eigenvalue weighted by Crippen LogP contribution is 2.28. The lowest BCUT2D eigenvalue weighted by Gasteiger charge is -2.08. The van der Waals surface area contributed by atoms with Crippen molar-refractivity contribution in [2.24, 2.45) is 0 Å². The third kappa shape index (κ3) is 18.9. The van der Waals surface area contributed by atoms with E-state index in [4.69, 9.17) is 0 Å². The molecule has 0 radical (unpaired) electrons. The maximum atomic E-state index is 11.9. The van der Waals surface area contributed by atoms with Gasteiger partial charge < -0.3 is 0 Å². The minimum atomic E-state index is 0.123. The molecule has 0 aliphatic carbocycles. The Morgan fingerprint density at radius 1 is 0.480 bits per heavy atom. The zero-order chi connectivity index (χ0) is 37.9. The van der Waals surface area contributed by atoms with Crippen molar-refractivity contribution in [3.63, 3.8) is 0 Å². The van der Waals surface area contributed by atoms with E-state index in [9.17, 15) is 4.79 Å². The average molecular weight is 677 g/mol. The number of rotatable bonds is 7. The molecule has 0 N–H and O–H groups in total. The van der Waals surface area contributed by atoms with Gasteiger partial charge in [0.15, 0.2) is 5.78 Å². The van der Waals surface area contributed by atoms with Crippen LogP contribution in [0.4, 0.5) is 0 Å². The SMILES string of the molecule is CC(=O)c1c2ccccc2cc2ccccc12.CCC.CCC.CCCCCC.CCCc1cc(C)cc(C)c1.CCc1cc(C)cc(C)c1. The number of Topliss-reactive ketones (excluding diaryl/α,β-unsaturated/α-hetero) is 1. The molecule has 274 valence electrons. The first-order chi connectivity index (χ1) is 24.0. The number of benzene rings is 5. The van der Waals surface area contributed by atoms with Crippen molar-refractivity contribution in [2.75, 3.05) is 0 Å². The molecule has 5 aromatic rings. The van der Waals surface area contributed by atoms with Gasteiger partial charge in [0.25, 0.3) is 0 Å². The number of aryl methyl sites for hydroxylation is 6. The van der Waals surface area contributed by atoms with Crippen molar-refractivity contribution < 1.29 is 4.79 Å². The van der Waals surface area contributed by atoms with Crippen molar-refractivity contribution in [2.45, 2.75) is 148 Å². The van der Waals surface area contributed by atoms with Gasteiger partial charge in [-0.3, -0.25) is 4.79 Å². The monoisotopic (exact) mass is 677 g/mol. The molecule has 0 aliphatic rings. The topological polar surface area (TPSA) is 17.1 Å². The number of ketones is 1. The Morgan fingerprint density at radius 3 is 1.16 bits per heavy atom. The highest BCUT2D eigenvalue weighted by Gasteiger charge is 2.10. The van der Waals surface area contributed by atoms with Crippen LogP contribution >= 0.6 is 0 Å². The summed E-state index contributed by atoms with van der Waals surface area (Å²) in [6, 6.07) is 31.7. The maximum Gasteiger partial charge on any atom is 0.161 e. The maximum absolute atomic E-state index is 11.9. The molecule has 0 bridgehead atoms. The van der Waals surface area contributed by atoms with Crippen LogP contribution in [0.3, 0.4) is 0 Å². The first-order valence-corrected chi connectivity index (χ1v) is 19.5. The molecule has 0 amide bonds. The van der Waals surface area contributed by atoms with Crippen LogP contribution in [-0.2, 0) is 12.8 Å². The third-order valence-electron chi connectivity index (χ3n) is 7.59. The smallest absolute Gasteiger partial charge is 0.161 e. The Kier molecular flexibility index (Phi) is 26.0. The van der Waals surface area contributed by atoms with Crippen LogP contribution in [0.5, 0.6) is 0 Å². The Balaban J connectivity index is 0.000000640. The van der Waals surface area contributed by atoms with Gasteiger partial charge in [0, 0.05) is 5.56 Å². The van der Waals surface area contributed by atoms with Gasteiger partial charge in [-0.05, 0) is 86.2 Å². The molecule has 0 spiro atoms. The molecule has 0 aromatic heterocycles. The summed E-state index contributed by atoms with van der Waals surface area (Å²) in [6.45, 7) is 27.6. The lowest BCUT2D eigenvalue weighted by atomic mass is 9.95. The quantitative estimate of drug-likeness (QED) is 0.0952. The standard InChI is InChI=1S/C16H12O.C11H16.C10H14.C6H14.2C3H8/c1-11(17)16-14-8-4-2-6-12(14)10-13-7-3-5-9-15(13)16;1-4-5-11-7-9(2)6-10(3)8-11;1-4-10-6-8(2)5-9(3)7-10;1-3-5-6-4-2;2*1-3-2/h2-10H,1H3;6-8H,4-5H2,1-3H3;5-7H,4H2,1-3H3;3-6H2,1-2H3;2*3H2,1-2H3. The van der Waals surface area contributed by atoms with Gasteiger partial charge in [0.2, 0.25) is 0 Å². The predicted octanol–water partition coefficient (Wildman–Crippen LogP) is 15.7. The van der Waals surface area contributed by atoms with Gasteiger partial charge in [-0.25, -0.2) is 0 Å². The van der Waals surface area contributed by atoms with E-state index in [1.165, 1.54) is 84.7 Å². The molecule has 0 heterocycles. The fraction of sp³-hybridized carbons (Fsp3) is 0.449. The summed E-state index contributed by atoms with van der Waals surface area (Å²) >= 11 is 0. The minimum absolute atomic E-state index is 0.123. The molecule has 0 fully saturated rings. The second-order valence-electron chi connectivity index (χ2n) is 13.5. The Hall–Kier alpha value is -3.71. The van der Waals surface area contributed by atoms with E-state index >= 15 is 0 Å². The van der Waals surface area contributed by atoms with Gasteiger partial charge in [-0.1, -0.05) is 208 Å². The van der Waals surface area contributed by atoms with E-state index in [2.05, 4.69) is 126 Å². The van der Waals surface area contributed by atoms with Crippen LogP contribution in [-0.4, -0.2) is 5.78 Å². The van der Waals surface area contributed by atoms with Gasteiger partial charge >= 0.3 is 0 Å². The van der Waals surface area contributed by atoms with Gasteiger partial charge in [0.1, 0.15) is 0 Å². The van der Waals surface area contributed by atoms with Crippen LogP contribution in [0.15, 0.2) is 91.0 Å². The highest BCUT2D eigenvalue weighted by atomic mass is 16.1. The first-order valence-electron chi connectivity index (χ1n) is 19.5. The van der Waals surface area contributed by atoms with E-state index in [1.54, 1.807) is 6.92 Å². The normalized spacial score (nSPS) is 9.70. The molecule has 5 rings (SSSR count). The molecule has 5 aromatic carbocycles. The summed E-state index contributed by atoms with van der Waals surface area (Å²) in [5.74, 6) is 0.123. The molecule has 0 saturated heterocycles. The fourth-order valence-electron chi connectivity index (χ4n) is 5.67. The number of carbonyl (C=O) groups excluding carboxylic acids is 1. The van der Waals surface area contributed by atoms with Crippen LogP contribution in [0.1, 0.15) is 151 Å². The summed E-state index contributed by atoms with van der Waals surface area (Å²) in [4.78, 5) is 11.9. The third-order valence-corrected chi connectivity index (χ3v) is 7.59. The molecular weight excluding hydrogens is 605 g/mol. The Labute approximate surface area is 308 Å². The van der Waals surface area contributed by atoms with Crippen molar-refractivity contribution in [3.8, 4) is 0 Å². The van der Waals surface area contributed by atoms with Crippen LogP contribution in [0.25, 0.3) is 21.5 Å². The molecule has 0 saturated carbocycles. The molecule has 0 unspecified atom stereocenters. The average Bonchev–Trinajstić information content (AvgIpc) is 3.07. The van der Waals surface area contributed by atoms with E-state index < -0.39 is 0 Å². The fourth-order valence-corrected chi connectivity index (χ4v) is 5.67. The summed E-state index contributed by atoms with van der Waals surface area (Å²) < 4.78 is 0. The van der Waals surface area contributed by atoms with Crippen LogP contribution in [0, 0.1) is 27.7 Å². The van der Waals surface area contributed by atoms with Gasteiger partial charge in [-0.15, -0.1) is 0 Å². The molecule has 1 nitrogen and oxygen atoms in total. The second kappa shape index (κ2) is 28.0. The Morgan fingerprint density at radius 2 is 0.840 bits per heavy atom. The van der Waals surface area contributed by atoms with E-state index in [0.717, 1.165) is 33.5 Å². The summed E-state index contributed by atoms with van der Waals surface area (Å²) in [5, 5.41) is 4.32. The zero-order valence-electron chi connectivity index (χ0n) is 34.4. The first kappa shape index (κ1) is 46.3. The number of fused-ring (bicyclic) bond motifs is 2. The predicted molar refractivity (Wildman–Crippen MR) is 228 cm³/mol. The van der Waals surface area contributed by atoms with Crippen LogP contribution in [0.2, 0.25) is 0 Å². The zero-order valence-corrected chi connectivity index (χ0v) is 34.4. The van der Waals surface area contributed by atoms with Crippen molar-refractivity contribution in [3.05, 3.63) is 130 Å². The second-order valence-corrected chi connectivity index (χ2v) is 13.5. The minimum Gasteiger partial charge on any atom is -0.294 e. The lowest BCUT2D eigenvalue weighted by Crippen LogP contribution is -1.95. The summed E-state index contributed by atoms with van der Waals surface area (Å²) in [5.41, 5.74) is 9.26. The summed E-state index contributed by atoms with van der Waals surface area (Å²) in [6.07, 6.45) is 11.6. The number of unbranched alkanes of at least 4 members (excludes halogenated alkanes) is 3. The largest absolute Gasteiger partial charge is 0.294 e. The lowest BCUT2D eigenvalue weighted by molar-refractivity contribution is 0.102. The molecule has 0 aliphatic heterocycles. The van der Waals surface area contributed by atoms with E-state index in [1.807, 2.05) is 48.5 Å². The van der Waals surface area contributed by atoms with Gasteiger partial charge in [0.05, 0.1) is 0 Å². The highest BCUT2D eigenvalue weighted by molar-refractivity contribution is 6.18.